The van der Waals surface area contributed by atoms with E-state index in [1.807, 2.05) is 0 Å². The minimum absolute atomic E-state index is 0.326. The lowest BCUT2D eigenvalue weighted by molar-refractivity contribution is -0.923. The van der Waals surface area contributed by atoms with Crippen molar-refractivity contribution in [3.63, 3.8) is 0 Å². The van der Waals surface area contributed by atoms with Gasteiger partial charge in [-0.1, -0.05) is 12.8 Å². The van der Waals surface area contributed by atoms with Crippen LogP contribution in [-0.4, -0.2) is 99.8 Å². The fourth-order valence-electron chi connectivity index (χ4n) is 4.04. The molecule has 0 saturated carbocycles. The number of quaternary nitrogens is 2. The maximum absolute atomic E-state index is 11.8. The van der Waals surface area contributed by atoms with Crippen LogP contribution < -0.4 is 10.6 Å². The molecule has 0 aliphatic rings. The average molecular weight is 461 g/mol. The molecule has 32 heavy (non-hydrogen) atoms. The average Bonchev–Trinajstić information content (AvgIpc) is 2.82. The van der Waals surface area contributed by atoms with E-state index in [4.69, 9.17) is 9.47 Å². The second-order valence-corrected chi connectivity index (χ2v) is 8.57. The first kappa shape index (κ1) is 30.5. The molecule has 0 aromatic rings. The molecule has 0 aromatic carbocycles. The molecule has 0 unspecified atom stereocenters. The number of nitrogens with zero attached hydrogens (tertiary/aromatic N) is 2. The van der Waals surface area contributed by atoms with Crippen LogP contribution in [0.15, 0.2) is 0 Å². The third kappa shape index (κ3) is 12.5. The largest absolute Gasteiger partial charge is 0.444 e. The van der Waals surface area contributed by atoms with Crippen LogP contribution >= 0.6 is 0 Å². The van der Waals surface area contributed by atoms with E-state index in [-0.39, 0.29) is 12.2 Å². The van der Waals surface area contributed by atoms with Crippen molar-refractivity contribution >= 4 is 12.2 Å². The molecule has 0 heterocycles. The lowest BCUT2D eigenvalue weighted by Crippen LogP contribution is -2.50. The fraction of sp³-hybridized carbons (Fsp3) is 0.917. The third-order valence-corrected chi connectivity index (χ3v) is 7.26. The maximum Gasteiger partial charge on any atom is 0.407 e. The summed E-state index contributed by atoms with van der Waals surface area (Å²) >= 11 is 0. The predicted octanol–water partition coefficient (Wildman–Crippen LogP) is 3.75. The number of hydrogen-bond acceptors (Lipinski definition) is 4. The summed E-state index contributed by atoms with van der Waals surface area (Å²) in [4.78, 5) is 23.6. The number of carbonyl (C=O) groups excluding carboxylic acids is 2. The molecule has 0 fully saturated rings. The summed E-state index contributed by atoms with van der Waals surface area (Å²) < 4.78 is 12.6. The topological polar surface area (TPSA) is 76.7 Å². The van der Waals surface area contributed by atoms with Crippen LogP contribution in [0.5, 0.6) is 0 Å². The summed E-state index contributed by atoms with van der Waals surface area (Å²) in [6, 6.07) is 0. The molecule has 0 atom stereocenters. The monoisotopic (exact) mass is 460 g/mol. The molecule has 8 nitrogen and oxygen atoms in total. The Kier molecular flexibility index (Phi) is 17.1. The van der Waals surface area contributed by atoms with Crippen LogP contribution in [0.3, 0.4) is 0 Å². The van der Waals surface area contributed by atoms with E-state index < -0.39 is 0 Å². The standard InChI is InChI=1S/C24H50N4O4/c1-7-27(8-2,9-3)19-21-31-23(29)25-17-15-13-14-16-18-26-24(30)32-22-20-28(10-4,11-5)12-6/h7-22H2,1-6H3/p+2. The van der Waals surface area contributed by atoms with Gasteiger partial charge >= 0.3 is 12.2 Å². The molecule has 0 aliphatic heterocycles. The SMILES string of the molecule is CC[N+](CC)(CC)CCOC(=O)NCCCCCCNC(=O)OCC[N+](CC)(CC)CC. The van der Waals surface area contributed by atoms with E-state index in [0.29, 0.717) is 26.3 Å². The molecule has 0 bridgehead atoms. The smallest absolute Gasteiger partial charge is 0.407 e. The number of unbranched alkanes of at least 4 members (excludes halogenated alkanes) is 3. The van der Waals surface area contributed by atoms with E-state index >= 15 is 0 Å². The minimum Gasteiger partial charge on any atom is -0.444 e. The highest BCUT2D eigenvalue weighted by molar-refractivity contribution is 5.67. The van der Waals surface area contributed by atoms with Crippen molar-refractivity contribution in [2.75, 3.05) is 78.7 Å². The van der Waals surface area contributed by atoms with E-state index in [0.717, 1.165) is 87.0 Å². The molecule has 2 amide bonds. The van der Waals surface area contributed by atoms with E-state index in [1.54, 1.807) is 0 Å². The van der Waals surface area contributed by atoms with Gasteiger partial charge in [-0.05, 0) is 54.4 Å². The summed E-state index contributed by atoms with van der Waals surface area (Å²) in [6.07, 6.45) is 3.16. The van der Waals surface area contributed by atoms with E-state index in [2.05, 4.69) is 52.2 Å². The van der Waals surface area contributed by atoms with Crippen LogP contribution in [0, 0.1) is 0 Å². The number of hydrogen-bond donors (Lipinski definition) is 2. The highest BCUT2D eigenvalue weighted by Crippen LogP contribution is 2.06. The highest BCUT2D eigenvalue weighted by Gasteiger charge is 2.21. The van der Waals surface area contributed by atoms with Gasteiger partial charge in [0.2, 0.25) is 0 Å². The van der Waals surface area contributed by atoms with Crippen LogP contribution in [0.25, 0.3) is 0 Å². The number of nitrogens with one attached hydrogen (secondary N) is 2. The second-order valence-electron chi connectivity index (χ2n) is 8.57. The van der Waals surface area contributed by atoms with Crippen molar-refractivity contribution < 1.29 is 28.0 Å². The Morgan fingerprint density at radius 2 is 0.875 bits per heavy atom. The quantitative estimate of drug-likeness (QED) is 0.227. The normalized spacial score (nSPS) is 11.8. The number of carbonyl (C=O) groups is 2. The number of alkyl carbamates (subject to hydrolysis) is 2. The Hall–Kier alpha value is -1.54. The first-order valence-electron chi connectivity index (χ1n) is 12.9. The van der Waals surface area contributed by atoms with Gasteiger partial charge in [-0.3, -0.25) is 0 Å². The Morgan fingerprint density at radius 3 is 1.16 bits per heavy atom. The molecule has 0 spiro atoms. The van der Waals surface area contributed by atoms with Crippen molar-refractivity contribution in [3.8, 4) is 0 Å². The lowest BCUT2D eigenvalue weighted by atomic mass is 10.2. The molecule has 0 rings (SSSR count). The molecule has 190 valence electrons. The van der Waals surface area contributed by atoms with Gasteiger partial charge in [-0.15, -0.1) is 0 Å². The van der Waals surface area contributed by atoms with Crippen molar-refractivity contribution in [3.05, 3.63) is 0 Å². The summed E-state index contributed by atoms with van der Waals surface area (Å²) in [6.45, 7) is 23.3. The number of amides is 2. The Morgan fingerprint density at radius 1 is 0.562 bits per heavy atom. The van der Waals surface area contributed by atoms with Crippen molar-refractivity contribution in [2.24, 2.45) is 0 Å². The molecule has 0 aliphatic carbocycles. The Balaban J connectivity index is 3.67. The van der Waals surface area contributed by atoms with Crippen molar-refractivity contribution in [1.29, 1.82) is 0 Å². The molecule has 0 radical (unpaired) electrons. The van der Waals surface area contributed by atoms with Crippen LogP contribution in [0.1, 0.15) is 67.2 Å². The van der Waals surface area contributed by atoms with E-state index in [9.17, 15) is 9.59 Å². The lowest BCUT2D eigenvalue weighted by Gasteiger charge is -2.35. The summed E-state index contributed by atoms with van der Waals surface area (Å²) in [5.74, 6) is 0. The molecular weight excluding hydrogens is 408 g/mol. The summed E-state index contributed by atoms with van der Waals surface area (Å²) in [5.41, 5.74) is 0. The van der Waals surface area contributed by atoms with Gasteiger partial charge in [-0.25, -0.2) is 9.59 Å². The number of ether oxygens (including phenoxy) is 2. The zero-order valence-corrected chi connectivity index (χ0v) is 21.8. The van der Waals surface area contributed by atoms with Gasteiger partial charge in [0, 0.05) is 13.1 Å². The maximum atomic E-state index is 11.8. The molecular formula is C24H52N4O4+2. The van der Waals surface area contributed by atoms with Crippen molar-refractivity contribution in [2.45, 2.75) is 67.2 Å². The van der Waals surface area contributed by atoms with Crippen molar-refractivity contribution in [1.82, 2.24) is 10.6 Å². The summed E-state index contributed by atoms with van der Waals surface area (Å²) in [5, 5.41) is 5.64. The number of rotatable bonds is 19. The van der Waals surface area contributed by atoms with Gasteiger partial charge in [0.1, 0.15) is 26.3 Å². The highest BCUT2D eigenvalue weighted by atomic mass is 16.6. The second kappa shape index (κ2) is 18.0. The van der Waals surface area contributed by atoms with Gasteiger partial charge in [0.25, 0.3) is 0 Å². The summed E-state index contributed by atoms with van der Waals surface area (Å²) in [7, 11) is 0. The van der Waals surface area contributed by atoms with Crippen LogP contribution in [-0.2, 0) is 9.47 Å². The predicted molar refractivity (Wildman–Crippen MR) is 131 cm³/mol. The first-order valence-corrected chi connectivity index (χ1v) is 12.9. The zero-order chi connectivity index (χ0) is 24.3. The van der Waals surface area contributed by atoms with Gasteiger partial charge in [0.15, 0.2) is 0 Å². The molecule has 0 aromatic heterocycles. The zero-order valence-electron chi connectivity index (χ0n) is 21.8. The van der Waals surface area contributed by atoms with E-state index in [1.165, 1.54) is 0 Å². The van der Waals surface area contributed by atoms with Gasteiger partial charge in [-0.2, -0.15) is 0 Å². The van der Waals surface area contributed by atoms with Crippen LogP contribution in [0.2, 0.25) is 0 Å². The minimum atomic E-state index is -0.326. The Labute approximate surface area is 197 Å². The number of likely N-dealkylation sites (N-methyl/N-ethyl adjacent to an activating group) is 2. The molecule has 0 saturated heterocycles. The third-order valence-electron chi connectivity index (χ3n) is 7.26. The van der Waals surface area contributed by atoms with Crippen LogP contribution in [0.4, 0.5) is 9.59 Å². The first-order chi connectivity index (χ1) is 15.4. The Bertz CT molecular complexity index is 434. The van der Waals surface area contributed by atoms with Gasteiger partial charge in [0.05, 0.1) is 39.3 Å². The molecule has 8 heteroatoms. The van der Waals surface area contributed by atoms with Gasteiger partial charge < -0.3 is 29.1 Å². The fourth-order valence-corrected chi connectivity index (χ4v) is 4.04. The molecule has 2 N–H and O–H groups in total.